The van der Waals surface area contributed by atoms with Crippen LogP contribution in [0.1, 0.15) is 62.2 Å². The number of aryl methyl sites for hydroxylation is 2. The van der Waals surface area contributed by atoms with Gasteiger partial charge in [0.15, 0.2) is 0 Å². The molecule has 23 heavy (non-hydrogen) atoms. The van der Waals surface area contributed by atoms with E-state index < -0.39 is 0 Å². The summed E-state index contributed by atoms with van der Waals surface area (Å²) in [6.07, 6.45) is 8.58. The lowest BCUT2D eigenvalue weighted by atomic mass is 10.1. The zero-order valence-corrected chi connectivity index (χ0v) is 15.4. The monoisotopic (exact) mass is 332 g/mol. The van der Waals surface area contributed by atoms with Crippen molar-refractivity contribution in [2.75, 3.05) is 12.8 Å². The lowest BCUT2D eigenvalue weighted by molar-refractivity contribution is 0.232. The number of fused-ring (bicyclic) bond motifs is 3. The van der Waals surface area contributed by atoms with Gasteiger partial charge in [-0.25, -0.2) is 9.97 Å². The van der Waals surface area contributed by atoms with Crippen molar-refractivity contribution in [2.45, 2.75) is 71.4 Å². The first kappa shape index (κ1) is 16.7. The second kappa shape index (κ2) is 7.14. The van der Waals surface area contributed by atoms with Gasteiger partial charge in [-0.2, -0.15) is 0 Å². The van der Waals surface area contributed by atoms with Crippen molar-refractivity contribution in [1.29, 1.82) is 0 Å². The molecule has 3 rings (SSSR count). The highest BCUT2D eigenvalue weighted by Gasteiger charge is 2.20. The van der Waals surface area contributed by atoms with Crippen LogP contribution in [0.5, 0.6) is 0 Å². The van der Waals surface area contributed by atoms with Crippen molar-refractivity contribution in [2.24, 2.45) is 0 Å². The summed E-state index contributed by atoms with van der Waals surface area (Å²) in [7, 11) is 2.15. The van der Waals surface area contributed by atoms with Crippen LogP contribution in [0.25, 0.3) is 10.2 Å². The van der Waals surface area contributed by atoms with Gasteiger partial charge in [-0.15, -0.1) is 11.3 Å². The third-order valence-electron chi connectivity index (χ3n) is 4.99. The van der Waals surface area contributed by atoms with E-state index in [0.717, 1.165) is 29.0 Å². The molecule has 0 saturated carbocycles. The minimum atomic E-state index is 0.542. The Morgan fingerprint density at radius 3 is 2.78 bits per heavy atom. The number of anilines is 1. The number of hydrogen-bond donors (Lipinski definition) is 1. The maximum atomic E-state index is 6.32. The number of nitrogens with zero attached hydrogens (tertiary/aromatic N) is 3. The van der Waals surface area contributed by atoms with E-state index >= 15 is 0 Å². The first-order valence-corrected chi connectivity index (χ1v) is 9.68. The Labute approximate surface area is 143 Å². The first-order valence-electron chi connectivity index (χ1n) is 8.87. The fourth-order valence-electron chi connectivity index (χ4n) is 3.50. The van der Waals surface area contributed by atoms with Crippen molar-refractivity contribution < 1.29 is 0 Å². The van der Waals surface area contributed by atoms with Gasteiger partial charge in [-0.1, -0.05) is 19.8 Å². The number of hydrogen-bond acceptors (Lipinski definition) is 5. The van der Waals surface area contributed by atoms with Gasteiger partial charge in [0.2, 0.25) is 0 Å². The highest BCUT2D eigenvalue weighted by molar-refractivity contribution is 7.18. The molecular formula is C18H28N4S. The summed E-state index contributed by atoms with van der Waals surface area (Å²) in [6, 6.07) is 0.542. The Hall–Kier alpha value is -1.20. The van der Waals surface area contributed by atoms with Crippen LogP contribution in [-0.4, -0.2) is 28.0 Å². The molecule has 0 fully saturated rings. The maximum Gasteiger partial charge on any atom is 0.146 e. The van der Waals surface area contributed by atoms with Gasteiger partial charge in [-0.05, 0) is 51.6 Å². The molecule has 0 unspecified atom stereocenters. The average molecular weight is 333 g/mol. The predicted molar refractivity (Wildman–Crippen MR) is 98.9 cm³/mol. The third-order valence-corrected chi connectivity index (χ3v) is 6.17. The highest BCUT2D eigenvalue weighted by atomic mass is 32.1. The average Bonchev–Trinajstić information content (AvgIpc) is 2.70. The van der Waals surface area contributed by atoms with E-state index in [2.05, 4.69) is 30.8 Å². The maximum absolute atomic E-state index is 6.32. The van der Waals surface area contributed by atoms with Gasteiger partial charge < -0.3 is 5.73 Å². The molecule has 1 aliphatic rings. The van der Waals surface area contributed by atoms with E-state index in [1.54, 1.807) is 0 Å². The Morgan fingerprint density at radius 2 is 2.00 bits per heavy atom. The topological polar surface area (TPSA) is 55.0 Å². The normalized spacial score (nSPS) is 16.5. The molecule has 0 bridgehead atoms. The molecule has 4 nitrogen and oxygen atoms in total. The quantitative estimate of drug-likeness (QED) is 0.835. The SMILES string of the molecule is CCC[C@H](C)N(C)Cc1nc(N)c2c3c(sc2n1)CCCCC3. The number of aromatic nitrogens is 2. The van der Waals surface area contributed by atoms with Gasteiger partial charge in [-0.3, -0.25) is 4.90 Å². The fraction of sp³-hybridized carbons (Fsp3) is 0.667. The standard InChI is InChI=1S/C18H28N4S/c1-4-8-12(2)22(3)11-15-20-17(19)16-13-9-6-5-7-10-14(13)23-18(16)21-15/h12H,4-11H2,1-3H3,(H2,19,20,21)/t12-/m0/s1. The number of nitrogen functional groups attached to an aromatic ring is 1. The molecule has 0 amide bonds. The molecule has 126 valence electrons. The van der Waals surface area contributed by atoms with Crippen LogP contribution < -0.4 is 5.73 Å². The Bertz CT molecular complexity index is 679. The second-order valence-corrected chi connectivity index (χ2v) is 7.91. The zero-order chi connectivity index (χ0) is 16.4. The number of rotatable bonds is 5. The molecule has 1 atom stereocenters. The van der Waals surface area contributed by atoms with Crippen LogP contribution in [0, 0.1) is 0 Å². The van der Waals surface area contributed by atoms with E-state index in [-0.39, 0.29) is 0 Å². The zero-order valence-electron chi connectivity index (χ0n) is 14.6. The molecule has 0 saturated heterocycles. The molecule has 0 spiro atoms. The molecule has 2 N–H and O–H groups in total. The molecule has 2 heterocycles. The van der Waals surface area contributed by atoms with Crippen molar-refractivity contribution in [3.8, 4) is 0 Å². The Morgan fingerprint density at radius 1 is 1.22 bits per heavy atom. The molecule has 0 aromatic carbocycles. The Kier molecular flexibility index (Phi) is 5.17. The van der Waals surface area contributed by atoms with E-state index in [9.17, 15) is 0 Å². The largest absolute Gasteiger partial charge is 0.383 e. The van der Waals surface area contributed by atoms with Crippen LogP contribution >= 0.6 is 11.3 Å². The van der Waals surface area contributed by atoms with Gasteiger partial charge in [0, 0.05) is 10.9 Å². The Balaban J connectivity index is 1.89. The van der Waals surface area contributed by atoms with Crippen molar-refractivity contribution in [3.63, 3.8) is 0 Å². The lowest BCUT2D eigenvalue weighted by Gasteiger charge is -2.23. The van der Waals surface area contributed by atoms with Gasteiger partial charge in [0.25, 0.3) is 0 Å². The van der Waals surface area contributed by atoms with Gasteiger partial charge >= 0.3 is 0 Å². The summed E-state index contributed by atoms with van der Waals surface area (Å²) in [5, 5.41) is 1.14. The first-order chi connectivity index (χ1) is 11.1. The van der Waals surface area contributed by atoms with Crippen LogP contribution in [-0.2, 0) is 19.4 Å². The molecule has 1 aliphatic carbocycles. The number of thiophene rings is 1. The molecule has 0 radical (unpaired) electrons. The van der Waals surface area contributed by atoms with Gasteiger partial charge in [0.05, 0.1) is 11.9 Å². The van der Waals surface area contributed by atoms with E-state index in [1.165, 1.54) is 49.0 Å². The third kappa shape index (κ3) is 3.50. The molecule has 0 aliphatic heterocycles. The van der Waals surface area contributed by atoms with E-state index in [1.807, 2.05) is 11.3 Å². The van der Waals surface area contributed by atoms with Crippen molar-refractivity contribution in [1.82, 2.24) is 14.9 Å². The smallest absolute Gasteiger partial charge is 0.146 e. The summed E-state index contributed by atoms with van der Waals surface area (Å²) >= 11 is 1.84. The summed E-state index contributed by atoms with van der Waals surface area (Å²) in [6.45, 7) is 5.26. The van der Waals surface area contributed by atoms with E-state index in [0.29, 0.717) is 11.9 Å². The lowest BCUT2D eigenvalue weighted by Crippen LogP contribution is -2.29. The molecule has 5 heteroatoms. The summed E-state index contributed by atoms with van der Waals surface area (Å²) in [5.74, 6) is 1.54. The summed E-state index contributed by atoms with van der Waals surface area (Å²) in [4.78, 5) is 14.4. The molecule has 2 aromatic heterocycles. The predicted octanol–water partition coefficient (Wildman–Crippen LogP) is 4.16. The highest BCUT2D eigenvalue weighted by Crippen LogP contribution is 2.37. The van der Waals surface area contributed by atoms with E-state index in [4.69, 9.17) is 10.7 Å². The van der Waals surface area contributed by atoms with Crippen LogP contribution in [0.2, 0.25) is 0 Å². The molecule has 2 aromatic rings. The minimum Gasteiger partial charge on any atom is -0.383 e. The summed E-state index contributed by atoms with van der Waals surface area (Å²) in [5.41, 5.74) is 7.75. The second-order valence-electron chi connectivity index (χ2n) is 6.82. The number of nitrogens with two attached hydrogens (primary N) is 1. The minimum absolute atomic E-state index is 0.542. The van der Waals surface area contributed by atoms with Crippen LogP contribution in [0.4, 0.5) is 5.82 Å². The van der Waals surface area contributed by atoms with Crippen LogP contribution in [0.15, 0.2) is 0 Å². The fourth-order valence-corrected chi connectivity index (χ4v) is 4.78. The van der Waals surface area contributed by atoms with Crippen LogP contribution in [0.3, 0.4) is 0 Å². The van der Waals surface area contributed by atoms with Crippen molar-refractivity contribution >= 4 is 27.4 Å². The summed E-state index contributed by atoms with van der Waals surface area (Å²) < 4.78 is 0. The molecular weight excluding hydrogens is 304 g/mol. The van der Waals surface area contributed by atoms with Crippen molar-refractivity contribution in [3.05, 3.63) is 16.3 Å². The van der Waals surface area contributed by atoms with Gasteiger partial charge in [0.1, 0.15) is 16.5 Å².